The summed E-state index contributed by atoms with van der Waals surface area (Å²) in [6.45, 7) is 0. The monoisotopic (exact) mass is 336 g/mol. The van der Waals surface area contributed by atoms with Crippen molar-refractivity contribution >= 4 is 22.6 Å². The van der Waals surface area contributed by atoms with Crippen LogP contribution in [0.25, 0.3) is 11.0 Å². The van der Waals surface area contributed by atoms with Gasteiger partial charge in [-0.25, -0.2) is 0 Å². The number of fused-ring (bicyclic) bond motifs is 1. The third-order valence-electron chi connectivity index (χ3n) is 4.52. The third-order valence-corrected chi connectivity index (χ3v) is 4.52. The van der Waals surface area contributed by atoms with Crippen LogP contribution in [-0.4, -0.2) is 17.2 Å². The number of rotatable bonds is 5. The molecule has 0 radical (unpaired) electrons. The van der Waals surface area contributed by atoms with Crippen LogP contribution < -0.4 is 10.1 Å². The molecular weight excluding hydrogens is 316 g/mol. The third kappa shape index (κ3) is 3.65. The summed E-state index contributed by atoms with van der Waals surface area (Å²) in [7, 11) is 0. The number of anilines is 1. The minimum atomic E-state index is -0.122. The number of ether oxygens (including phenoxy) is 1. The van der Waals surface area contributed by atoms with Crippen molar-refractivity contribution in [2.24, 2.45) is 0 Å². The van der Waals surface area contributed by atoms with Crippen LogP contribution >= 0.6 is 0 Å². The van der Waals surface area contributed by atoms with Gasteiger partial charge in [-0.2, -0.15) is 0 Å². The van der Waals surface area contributed by atoms with Crippen molar-refractivity contribution in [3.8, 4) is 5.75 Å². The first-order chi connectivity index (χ1) is 12.3. The van der Waals surface area contributed by atoms with E-state index >= 15 is 0 Å². The number of aromatic nitrogens is 1. The van der Waals surface area contributed by atoms with Crippen LogP contribution in [0.3, 0.4) is 0 Å². The maximum absolute atomic E-state index is 12.3. The average molecular weight is 336 g/mol. The summed E-state index contributed by atoms with van der Waals surface area (Å²) < 4.78 is 11.2. The second-order valence-corrected chi connectivity index (χ2v) is 6.40. The van der Waals surface area contributed by atoms with E-state index < -0.39 is 0 Å². The van der Waals surface area contributed by atoms with Gasteiger partial charge < -0.3 is 14.6 Å². The van der Waals surface area contributed by atoms with Gasteiger partial charge in [0.25, 0.3) is 0 Å². The first-order valence-electron chi connectivity index (χ1n) is 8.68. The highest BCUT2D eigenvalue weighted by atomic mass is 16.5. The van der Waals surface area contributed by atoms with Gasteiger partial charge in [-0.05, 0) is 62.1 Å². The summed E-state index contributed by atoms with van der Waals surface area (Å²) >= 11 is 0. The first kappa shape index (κ1) is 15.7. The van der Waals surface area contributed by atoms with Crippen molar-refractivity contribution in [1.29, 1.82) is 0 Å². The van der Waals surface area contributed by atoms with Crippen LogP contribution in [0.2, 0.25) is 0 Å². The smallest absolute Gasteiger partial charge is 0.230 e. The molecule has 0 saturated heterocycles. The number of carbonyl (C=O) groups is 1. The highest BCUT2D eigenvalue weighted by Crippen LogP contribution is 2.25. The van der Waals surface area contributed by atoms with E-state index in [2.05, 4.69) is 10.5 Å². The Morgan fingerprint density at radius 2 is 1.88 bits per heavy atom. The predicted molar refractivity (Wildman–Crippen MR) is 95.7 cm³/mol. The number of para-hydroxylation sites is 1. The van der Waals surface area contributed by atoms with E-state index in [9.17, 15) is 4.79 Å². The largest absolute Gasteiger partial charge is 0.490 e. The first-order valence-corrected chi connectivity index (χ1v) is 8.68. The van der Waals surface area contributed by atoms with Gasteiger partial charge in [-0.1, -0.05) is 17.3 Å². The summed E-state index contributed by atoms with van der Waals surface area (Å²) in [5.41, 5.74) is 2.09. The van der Waals surface area contributed by atoms with Crippen molar-refractivity contribution in [1.82, 2.24) is 5.16 Å². The van der Waals surface area contributed by atoms with E-state index in [0.29, 0.717) is 17.4 Å². The van der Waals surface area contributed by atoms with Gasteiger partial charge in [0.1, 0.15) is 11.4 Å². The summed E-state index contributed by atoms with van der Waals surface area (Å²) in [4.78, 5) is 12.3. The Hall–Kier alpha value is -2.82. The maximum atomic E-state index is 12.3. The van der Waals surface area contributed by atoms with Gasteiger partial charge >= 0.3 is 0 Å². The molecule has 1 saturated carbocycles. The van der Waals surface area contributed by atoms with E-state index in [1.807, 2.05) is 48.5 Å². The number of carbonyl (C=O) groups excluding carboxylic acids is 1. The van der Waals surface area contributed by atoms with Crippen molar-refractivity contribution < 1.29 is 14.1 Å². The molecular formula is C20H20N2O3. The van der Waals surface area contributed by atoms with Gasteiger partial charge in [0, 0.05) is 11.1 Å². The van der Waals surface area contributed by atoms with Crippen LogP contribution in [0.5, 0.6) is 5.75 Å². The van der Waals surface area contributed by atoms with Crippen LogP contribution in [0.15, 0.2) is 53.1 Å². The molecule has 1 aliphatic carbocycles. The van der Waals surface area contributed by atoms with Gasteiger partial charge in [-0.3, -0.25) is 4.79 Å². The molecule has 1 aliphatic rings. The van der Waals surface area contributed by atoms with E-state index in [4.69, 9.17) is 9.26 Å². The summed E-state index contributed by atoms with van der Waals surface area (Å²) in [5.74, 6) is 0.732. The number of hydrogen-bond acceptors (Lipinski definition) is 4. The van der Waals surface area contributed by atoms with Gasteiger partial charge in [-0.15, -0.1) is 0 Å². The van der Waals surface area contributed by atoms with Crippen LogP contribution in [0.1, 0.15) is 31.4 Å². The Balaban J connectivity index is 1.37. The van der Waals surface area contributed by atoms with Gasteiger partial charge in [0.05, 0.1) is 12.5 Å². The second kappa shape index (κ2) is 6.97. The van der Waals surface area contributed by atoms with E-state index in [0.717, 1.165) is 29.7 Å². The SMILES string of the molecule is O=C(Cc1noc2ccccc12)Nc1ccc(OC2CCCC2)cc1. The standard InChI is InChI=1S/C20H20N2O3/c23-20(13-18-17-7-3-4-8-19(17)25-22-18)21-14-9-11-16(12-10-14)24-15-5-1-2-6-15/h3-4,7-12,15H,1-2,5-6,13H2,(H,21,23). The summed E-state index contributed by atoms with van der Waals surface area (Å²) in [6, 6.07) is 15.1. The van der Waals surface area contributed by atoms with Crippen molar-refractivity contribution in [3.05, 3.63) is 54.2 Å². The van der Waals surface area contributed by atoms with Crippen molar-refractivity contribution in [3.63, 3.8) is 0 Å². The Kier molecular flexibility index (Phi) is 4.37. The van der Waals surface area contributed by atoms with Crippen molar-refractivity contribution in [2.75, 3.05) is 5.32 Å². The van der Waals surface area contributed by atoms with E-state index in [1.54, 1.807) is 0 Å². The molecule has 3 aromatic rings. The Morgan fingerprint density at radius 3 is 2.68 bits per heavy atom. The highest BCUT2D eigenvalue weighted by Gasteiger charge is 2.16. The number of hydrogen-bond donors (Lipinski definition) is 1. The Bertz CT molecular complexity index is 864. The van der Waals surface area contributed by atoms with Crippen LogP contribution in [0.4, 0.5) is 5.69 Å². The van der Waals surface area contributed by atoms with Gasteiger partial charge in [0.2, 0.25) is 5.91 Å². The molecule has 1 aromatic heterocycles. The highest BCUT2D eigenvalue weighted by molar-refractivity contribution is 5.94. The fourth-order valence-corrected chi connectivity index (χ4v) is 3.24. The molecule has 0 unspecified atom stereocenters. The van der Waals surface area contributed by atoms with E-state index in [1.165, 1.54) is 12.8 Å². The second-order valence-electron chi connectivity index (χ2n) is 6.40. The zero-order valence-corrected chi connectivity index (χ0v) is 13.9. The number of nitrogens with one attached hydrogen (secondary N) is 1. The Morgan fingerprint density at radius 1 is 1.12 bits per heavy atom. The maximum Gasteiger partial charge on any atom is 0.230 e. The lowest BCUT2D eigenvalue weighted by atomic mass is 10.1. The molecule has 0 spiro atoms. The quantitative estimate of drug-likeness (QED) is 0.753. The van der Waals surface area contributed by atoms with Crippen LogP contribution in [-0.2, 0) is 11.2 Å². The minimum Gasteiger partial charge on any atom is -0.490 e. The molecule has 5 nitrogen and oxygen atoms in total. The fourth-order valence-electron chi connectivity index (χ4n) is 3.24. The lowest BCUT2D eigenvalue weighted by molar-refractivity contribution is -0.115. The molecule has 0 bridgehead atoms. The predicted octanol–water partition coefficient (Wildman–Crippen LogP) is 4.33. The average Bonchev–Trinajstić information content (AvgIpc) is 3.27. The van der Waals surface area contributed by atoms with Crippen LogP contribution in [0, 0.1) is 0 Å². The zero-order chi connectivity index (χ0) is 17.1. The molecule has 2 aromatic carbocycles. The zero-order valence-electron chi connectivity index (χ0n) is 13.9. The lowest BCUT2D eigenvalue weighted by Gasteiger charge is -2.13. The van der Waals surface area contributed by atoms with Crippen molar-refractivity contribution in [2.45, 2.75) is 38.2 Å². The topological polar surface area (TPSA) is 64.4 Å². The molecule has 25 heavy (non-hydrogen) atoms. The molecule has 0 aliphatic heterocycles. The molecule has 1 fully saturated rings. The molecule has 1 N–H and O–H groups in total. The lowest BCUT2D eigenvalue weighted by Crippen LogP contribution is -2.15. The summed E-state index contributed by atoms with van der Waals surface area (Å²) in [6.07, 6.45) is 5.26. The number of benzene rings is 2. The van der Waals surface area contributed by atoms with Gasteiger partial charge in [0.15, 0.2) is 5.58 Å². The molecule has 0 atom stereocenters. The molecule has 1 amide bonds. The number of amides is 1. The minimum absolute atomic E-state index is 0.122. The summed E-state index contributed by atoms with van der Waals surface area (Å²) in [5, 5.41) is 7.76. The Labute approximate surface area is 146 Å². The molecule has 1 heterocycles. The van der Waals surface area contributed by atoms with E-state index in [-0.39, 0.29) is 12.3 Å². The molecule has 128 valence electrons. The molecule has 5 heteroatoms. The number of nitrogens with zero attached hydrogens (tertiary/aromatic N) is 1. The molecule has 4 rings (SSSR count). The fraction of sp³-hybridized carbons (Fsp3) is 0.300. The normalized spacial score (nSPS) is 14.7.